The Morgan fingerprint density at radius 1 is 1.65 bits per heavy atom. The lowest BCUT2D eigenvalue weighted by Crippen LogP contribution is -2.58. The Balaban J connectivity index is 2.31. The summed E-state index contributed by atoms with van der Waals surface area (Å²) >= 11 is 0. The maximum Gasteiger partial charge on any atom is 0.293 e. The van der Waals surface area contributed by atoms with Crippen LogP contribution >= 0.6 is 0 Å². The van der Waals surface area contributed by atoms with Crippen molar-refractivity contribution in [1.29, 1.82) is 0 Å². The van der Waals surface area contributed by atoms with Gasteiger partial charge in [-0.1, -0.05) is 0 Å². The first-order chi connectivity index (χ1) is 9.40. The van der Waals surface area contributed by atoms with Crippen molar-refractivity contribution >= 4 is 5.69 Å². The van der Waals surface area contributed by atoms with Crippen molar-refractivity contribution in [3.8, 4) is 0 Å². The van der Waals surface area contributed by atoms with Crippen molar-refractivity contribution in [2.75, 3.05) is 6.61 Å². The quantitative estimate of drug-likeness (QED) is 0.523. The summed E-state index contributed by atoms with van der Waals surface area (Å²) in [5.41, 5.74) is -1.68. The van der Waals surface area contributed by atoms with Gasteiger partial charge in [-0.25, -0.2) is 0 Å². The van der Waals surface area contributed by atoms with Gasteiger partial charge in [0.1, 0.15) is 11.8 Å². The fourth-order valence-electron chi connectivity index (χ4n) is 2.35. The number of aliphatic hydroxyl groups is 3. The standard InChI is InChI=1S/C12H16N2O6/c1-7-12(17,6-15)11(16)4-10(20-7)8-2-3-13-5-9(8)14(18)19/h2-3,5,7,10-11,15-17H,4,6H2,1H3/t7?,10-,11-,12?/m1/s1. The maximum absolute atomic E-state index is 11.0. The normalized spacial score (nSPS) is 33.9. The molecule has 1 saturated heterocycles. The summed E-state index contributed by atoms with van der Waals surface area (Å²) in [5.74, 6) is 0. The van der Waals surface area contributed by atoms with Crippen molar-refractivity contribution in [1.82, 2.24) is 4.98 Å². The molecule has 1 aliphatic heterocycles. The fraction of sp³-hybridized carbons (Fsp3) is 0.583. The molecule has 0 spiro atoms. The Morgan fingerprint density at radius 2 is 2.35 bits per heavy atom. The van der Waals surface area contributed by atoms with E-state index in [4.69, 9.17) is 4.74 Å². The minimum atomic E-state index is -1.77. The molecule has 1 aliphatic rings. The average molecular weight is 284 g/mol. The number of rotatable bonds is 3. The summed E-state index contributed by atoms with van der Waals surface area (Å²) in [5, 5.41) is 40.2. The van der Waals surface area contributed by atoms with Gasteiger partial charge >= 0.3 is 0 Å². The Bertz CT molecular complexity index is 496. The van der Waals surface area contributed by atoms with E-state index in [1.165, 1.54) is 19.2 Å². The third-order valence-corrected chi connectivity index (χ3v) is 3.72. The number of aromatic nitrogens is 1. The van der Waals surface area contributed by atoms with Gasteiger partial charge in [-0.05, 0) is 13.0 Å². The summed E-state index contributed by atoms with van der Waals surface area (Å²) in [6, 6.07) is 1.45. The van der Waals surface area contributed by atoms with Gasteiger partial charge in [0.2, 0.25) is 0 Å². The number of ether oxygens (including phenoxy) is 1. The van der Waals surface area contributed by atoms with Crippen LogP contribution in [0.2, 0.25) is 0 Å². The first kappa shape index (κ1) is 14.8. The largest absolute Gasteiger partial charge is 0.393 e. The van der Waals surface area contributed by atoms with Crippen LogP contribution in [0.5, 0.6) is 0 Å². The summed E-state index contributed by atoms with van der Waals surface area (Å²) < 4.78 is 5.54. The van der Waals surface area contributed by atoms with Gasteiger partial charge in [0.05, 0.1) is 35.4 Å². The molecular weight excluding hydrogens is 268 g/mol. The second-order valence-corrected chi connectivity index (χ2v) is 4.86. The van der Waals surface area contributed by atoms with E-state index in [2.05, 4.69) is 4.98 Å². The molecule has 0 radical (unpaired) electrons. The van der Waals surface area contributed by atoms with E-state index in [1.54, 1.807) is 0 Å². The van der Waals surface area contributed by atoms with Crippen LogP contribution in [-0.2, 0) is 4.74 Å². The van der Waals surface area contributed by atoms with Crippen LogP contribution in [0.25, 0.3) is 0 Å². The summed E-state index contributed by atoms with van der Waals surface area (Å²) in [4.78, 5) is 14.1. The monoisotopic (exact) mass is 284 g/mol. The topological polar surface area (TPSA) is 126 Å². The molecule has 8 heteroatoms. The predicted molar refractivity (Wildman–Crippen MR) is 66.8 cm³/mol. The van der Waals surface area contributed by atoms with Crippen molar-refractivity contribution < 1.29 is 25.0 Å². The number of hydrogen-bond acceptors (Lipinski definition) is 7. The Morgan fingerprint density at radius 3 is 2.90 bits per heavy atom. The van der Waals surface area contributed by atoms with Gasteiger partial charge in [0, 0.05) is 12.6 Å². The van der Waals surface area contributed by atoms with Gasteiger partial charge < -0.3 is 20.1 Å². The SMILES string of the molecule is CC1O[C@@H](c2ccncc2[N+](=O)[O-])C[C@@H](O)C1(O)CO. The average Bonchev–Trinajstić information content (AvgIpc) is 2.44. The van der Waals surface area contributed by atoms with Gasteiger partial charge in [0.25, 0.3) is 5.69 Å². The summed E-state index contributed by atoms with van der Waals surface area (Å²) in [6.45, 7) is 0.846. The van der Waals surface area contributed by atoms with Crippen LogP contribution in [0.3, 0.4) is 0 Å². The Labute approximate surface area is 114 Å². The molecule has 0 amide bonds. The van der Waals surface area contributed by atoms with Crippen LogP contribution in [0.1, 0.15) is 25.0 Å². The first-order valence-corrected chi connectivity index (χ1v) is 6.15. The summed E-state index contributed by atoms with van der Waals surface area (Å²) in [7, 11) is 0. The highest BCUT2D eigenvalue weighted by atomic mass is 16.6. The predicted octanol–water partition coefficient (Wildman–Crippen LogP) is -0.0760. The molecule has 20 heavy (non-hydrogen) atoms. The highest BCUT2D eigenvalue weighted by Crippen LogP contribution is 2.39. The molecule has 0 aromatic carbocycles. The van der Waals surface area contributed by atoms with E-state index in [0.29, 0.717) is 0 Å². The molecule has 1 aromatic rings. The van der Waals surface area contributed by atoms with Crippen LogP contribution in [0, 0.1) is 10.1 Å². The third kappa shape index (κ3) is 2.38. The lowest BCUT2D eigenvalue weighted by molar-refractivity contribution is -0.387. The van der Waals surface area contributed by atoms with Crippen molar-refractivity contribution in [2.24, 2.45) is 0 Å². The first-order valence-electron chi connectivity index (χ1n) is 6.15. The van der Waals surface area contributed by atoms with Crippen molar-refractivity contribution in [3.05, 3.63) is 34.1 Å². The molecule has 2 rings (SSSR count). The van der Waals surface area contributed by atoms with E-state index >= 15 is 0 Å². The van der Waals surface area contributed by atoms with Crippen LogP contribution in [0.4, 0.5) is 5.69 Å². The van der Waals surface area contributed by atoms with Crippen LogP contribution in [0.15, 0.2) is 18.5 Å². The molecule has 1 aromatic heterocycles. The van der Waals surface area contributed by atoms with E-state index in [9.17, 15) is 25.4 Å². The van der Waals surface area contributed by atoms with Crippen LogP contribution < -0.4 is 0 Å². The minimum Gasteiger partial charge on any atom is -0.393 e. The fourth-order valence-corrected chi connectivity index (χ4v) is 2.35. The number of pyridine rings is 1. The zero-order valence-electron chi connectivity index (χ0n) is 10.8. The smallest absolute Gasteiger partial charge is 0.293 e. The molecule has 8 nitrogen and oxygen atoms in total. The number of hydrogen-bond donors (Lipinski definition) is 3. The van der Waals surface area contributed by atoms with Crippen LogP contribution in [-0.4, -0.2) is 49.6 Å². The van der Waals surface area contributed by atoms with Gasteiger partial charge in [0.15, 0.2) is 0 Å². The Kier molecular flexibility index (Phi) is 4.00. The molecule has 4 atom stereocenters. The molecular formula is C12H16N2O6. The van der Waals surface area contributed by atoms with Gasteiger partial charge in [-0.2, -0.15) is 0 Å². The van der Waals surface area contributed by atoms with Crippen molar-refractivity contribution in [3.63, 3.8) is 0 Å². The van der Waals surface area contributed by atoms with E-state index in [1.807, 2.05) is 0 Å². The molecule has 3 N–H and O–H groups in total. The summed E-state index contributed by atoms with van der Waals surface area (Å²) in [6.07, 6.45) is -0.386. The highest BCUT2D eigenvalue weighted by Gasteiger charge is 2.48. The zero-order chi connectivity index (χ0) is 14.9. The molecule has 0 aliphatic carbocycles. The minimum absolute atomic E-state index is 0.0494. The maximum atomic E-state index is 11.0. The molecule has 0 bridgehead atoms. The number of nitrogens with zero attached hydrogens (tertiary/aromatic N) is 2. The Hall–Kier alpha value is -1.61. The molecule has 1 fully saturated rings. The zero-order valence-corrected chi connectivity index (χ0v) is 10.8. The second kappa shape index (κ2) is 5.41. The van der Waals surface area contributed by atoms with E-state index < -0.39 is 35.4 Å². The third-order valence-electron chi connectivity index (χ3n) is 3.72. The lowest BCUT2D eigenvalue weighted by atomic mass is 9.83. The second-order valence-electron chi connectivity index (χ2n) is 4.86. The molecule has 0 saturated carbocycles. The number of aliphatic hydroxyl groups excluding tert-OH is 2. The molecule has 110 valence electrons. The number of nitro groups is 1. The van der Waals surface area contributed by atoms with Gasteiger partial charge in [-0.3, -0.25) is 15.1 Å². The highest BCUT2D eigenvalue weighted by molar-refractivity contribution is 5.39. The molecule has 2 heterocycles. The van der Waals surface area contributed by atoms with E-state index in [0.717, 1.165) is 6.20 Å². The van der Waals surface area contributed by atoms with Crippen molar-refractivity contribution in [2.45, 2.75) is 37.3 Å². The lowest BCUT2D eigenvalue weighted by Gasteiger charge is -2.43. The molecule has 2 unspecified atom stereocenters. The van der Waals surface area contributed by atoms with Gasteiger partial charge in [-0.15, -0.1) is 0 Å². The van der Waals surface area contributed by atoms with E-state index in [-0.39, 0.29) is 17.7 Å².